The minimum Gasteiger partial charge on any atom is -0.436 e. The van der Waals surface area contributed by atoms with Crippen molar-refractivity contribution in [3.63, 3.8) is 0 Å². The molecule has 0 saturated heterocycles. The summed E-state index contributed by atoms with van der Waals surface area (Å²) in [5, 5.41) is 2.17. The fourth-order valence-corrected chi connectivity index (χ4v) is 3.82. The summed E-state index contributed by atoms with van der Waals surface area (Å²) in [7, 11) is 2.25. The number of anilines is 3. The van der Waals surface area contributed by atoms with Crippen LogP contribution in [0.2, 0.25) is 0 Å². The van der Waals surface area contributed by atoms with E-state index >= 15 is 0 Å². The second-order valence-electron chi connectivity index (χ2n) is 7.77. The molecule has 4 aromatic rings. The highest BCUT2D eigenvalue weighted by Gasteiger charge is 2.34. The van der Waals surface area contributed by atoms with Gasteiger partial charge < -0.3 is 14.2 Å². The molecule has 1 aliphatic heterocycles. The van der Waals surface area contributed by atoms with E-state index in [1.807, 2.05) is 6.07 Å². The van der Waals surface area contributed by atoms with Gasteiger partial charge in [0.05, 0.1) is 23.7 Å². The van der Waals surface area contributed by atoms with Gasteiger partial charge in [-0.3, -0.25) is 0 Å². The van der Waals surface area contributed by atoms with Crippen LogP contribution in [0.1, 0.15) is 13.8 Å². The first-order chi connectivity index (χ1) is 12.5. The molecule has 5 heteroatoms. The molecular weight excluding hydrogens is 321 g/mol. The van der Waals surface area contributed by atoms with Crippen molar-refractivity contribution in [3.05, 3.63) is 60.8 Å². The fourth-order valence-electron chi connectivity index (χ4n) is 3.82. The van der Waals surface area contributed by atoms with E-state index in [2.05, 4.69) is 85.0 Å². The van der Waals surface area contributed by atoms with E-state index in [0.29, 0.717) is 5.71 Å². The Bertz CT molecular complexity index is 1130. The van der Waals surface area contributed by atoms with Crippen molar-refractivity contribution in [2.24, 2.45) is 0 Å². The lowest BCUT2D eigenvalue weighted by Crippen LogP contribution is -2.45. The Kier molecular flexibility index (Phi) is 3.11. The van der Waals surface area contributed by atoms with Gasteiger partial charge in [0, 0.05) is 22.4 Å². The standard InChI is InChI=1S/C21H20BN3O/c1-21(2,22)25-13-24(16-9-3-4-10-17(16)25)18-11-5-7-14-15-8-6-12-23-20(15)26-19(14)18/h3-12H,13,22H2,1-2H3. The molecule has 1 aliphatic rings. The van der Waals surface area contributed by atoms with Crippen LogP contribution >= 0.6 is 0 Å². The van der Waals surface area contributed by atoms with Crippen LogP contribution in [0.3, 0.4) is 0 Å². The van der Waals surface area contributed by atoms with Gasteiger partial charge in [-0.05, 0) is 44.2 Å². The zero-order valence-electron chi connectivity index (χ0n) is 15.2. The number of rotatable bonds is 2. The van der Waals surface area contributed by atoms with Crippen molar-refractivity contribution in [3.8, 4) is 0 Å². The summed E-state index contributed by atoms with van der Waals surface area (Å²) in [6.45, 7) is 5.30. The normalized spacial score (nSPS) is 14.4. The van der Waals surface area contributed by atoms with Crippen LogP contribution in [0.25, 0.3) is 22.1 Å². The third-order valence-corrected chi connectivity index (χ3v) is 5.10. The molecule has 2 aromatic carbocycles. The van der Waals surface area contributed by atoms with Crippen LogP contribution in [-0.4, -0.2) is 24.9 Å². The number of aromatic nitrogens is 1. The molecule has 0 radical (unpaired) electrons. The Morgan fingerprint density at radius 1 is 0.923 bits per heavy atom. The Morgan fingerprint density at radius 2 is 1.65 bits per heavy atom. The largest absolute Gasteiger partial charge is 0.436 e. The van der Waals surface area contributed by atoms with Gasteiger partial charge in [-0.15, -0.1) is 0 Å². The number of para-hydroxylation sites is 3. The van der Waals surface area contributed by atoms with E-state index in [1.54, 1.807) is 6.20 Å². The van der Waals surface area contributed by atoms with Gasteiger partial charge in [0.25, 0.3) is 0 Å². The number of hydrogen-bond donors (Lipinski definition) is 0. The predicted molar refractivity (Wildman–Crippen MR) is 110 cm³/mol. The van der Waals surface area contributed by atoms with Gasteiger partial charge in [-0.1, -0.05) is 24.3 Å². The molecule has 0 bridgehead atoms. The quantitative estimate of drug-likeness (QED) is 0.510. The number of furan rings is 1. The van der Waals surface area contributed by atoms with Crippen molar-refractivity contribution in [1.29, 1.82) is 0 Å². The van der Waals surface area contributed by atoms with Crippen LogP contribution in [0.4, 0.5) is 17.1 Å². The molecule has 26 heavy (non-hydrogen) atoms. The monoisotopic (exact) mass is 341 g/mol. The summed E-state index contributed by atoms with van der Waals surface area (Å²) in [5.74, 6) is 0. The molecule has 4 nitrogen and oxygen atoms in total. The van der Waals surface area contributed by atoms with Gasteiger partial charge in [-0.2, -0.15) is 0 Å². The smallest absolute Gasteiger partial charge is 0.227 e. The highest BCUT2D eigenvalue weighted by Crippen LogP contribution is 2.45. The van der Waals surface area contributed by atoms with Crippen LogP contribution in [0, 0.1) is 0 Å². The highest BCUT2D eigenvalue weighted by molar-refractivity contribution is 6.17. The van der Waals surface area contributed by atoms with E-state index in [9.17, 15) is 0 Å². The van der Waals surface area contributed by atoms with Gasteiger partial charge in [0.15, 0.2) is 5.58 Å². The summed E-state index contributed by atoms with van der Waals surface area (Å²) in [6, 6.07) is 18.9. The Morgan fingerprint density at radius 3 is 2.46 bits per heavy atom. The minimum absolute atomic E-state index is 0.0359. The van der Waals surface area contributed by atoms with E-state index in [0.717, 1.165) is 28.7 Å². The fraction of sp³-hybridized carbons (Fsp3) is 0.190. The second kappa shape index (κ2) is 5.27. The van der Waals surface area contributed by atoms with Crippen molar-refractivity contribution >= 4 is 47.0 Å². The third kappa shape index (κ3) is 2.13. The average molecular weight is 341 g/mol. The zero-order valence-corrected chi connectivity index (χ0v) is 15.2. The molecule has 2 aromatic heterocycles. The molecule has 0 atom stereocenters. The Labute approximate surface area is 153 Å². The van der Waals surface area contributed by atoms with Crippen molar-refractivity contribution in [2.45, 2.75) is 19.3 Å². The zero-order chi connectivity index (χ0) is 17.9. The first-order valence-electron chi connectivity index (χ1n) is 8.94. The molecule has 0 N–H and O–H groups in total. The number of benzene rings is 2. The molecule has 0 unspecified atom stereocenters. The van der Waals surface area contributed by atoms with Crippen molar-refractivity contribution in [1.82, 2.24) is 4.98 Å². The predicted octanol–water partition coefficient (Wildman–Crippen LogP) is 4.27. The maximum atomic E-state index is 6.16. The van der Waals surface area contributed by atoms with Gasteiger partial charge in [0.1, 0.15) is 7.85 Å². The summed E-state index contributed by atoms with van der Waals surface area (Å²) in [5.41, 5.74) is 5.17. The van der Waals surface area contributed by atoms with Crippen molar-refractivity contribution in [2.75, 3.05) is 16.5 Å². The molecule has 0 saturated carbocycles. The van der Waals surface area contributed by atoms with Gasteiger partial charge in [0.2, 0.25) is 5.71 Å². The Balaban J connectivity index is 1.74. The lowest BCUT2D eigenvalue weighted by molar-refractivity contribution is 0.636. The SMILES string of the molecule is BC(C)(C)N1CN(c2cccc3c2oc2ncccc23)c2ccccc21. The first-order valence-corrected chi connectivity index (χ1v) is 8.94. The Hall–Kier alpha value is -2.95. The van der Waals surface area contributed by atoms with E-state index in [-0.39, 0.29) is 5.44 Å². The summed E-state index contributed by atoms with van der Waals surface area (Å²) < 4.78 is 6.16. The highest BCUT2D eigenvalue weighted by atomic mass is 16.3. The van der Waals surface area contributed by atoms with Crippen molar-refractivity contribution < 1.29 is 4.42 Å². The summed E-state index contributed by atoms with van der Waals surface area (Å²) in [6.07, 6.45) is 1.77. The number of pyridine rings is 1. The molecule has 0 spiro atoms. The number of hydrogen-bond acceptors (Lipinski definition) is 4. The molecule has 0 aliphatic carbocycles. The molecule has 0 fully saturated rings. The van der Waals surface area contributed by atoms with Gasteiger partial charge in [-0.25, -0.2) is 4.98 Å². The van der Waals surface area contributed by atoms with Crippen LogP contribution in [0.15, 0.2) is 65.2 Å². The van der Waals surface area contributed by atoms with E-state index < -0.39 is 0 Å². The lowest BCUT2D eigenvalue weighted by Gasteiger charge is -2.34. The number of nitrogens with zero attached hydrogens (tertiary/aromatic N) is 3. The van der Waals surface area contributed by atoms with E-state index in [4.69, 9.17) is 4.42 Å². The third-order valence-electron chi connectivity index (χ3n) is 5.10. The second-order valence-corrected chi connectivity index (χ2v) is 7.77. The lowest BCUT2D eigenvalue weighted by atomic mass is 9.80. The summed E-state index contributed by atoms with van der Waals surface area (Å²) in [4.78, 5) is 9.16. The molecular formula is C21H20BN3O. The van der Waals surface area contributed by atoms with Crippen LogP contribution in [0.5, 0.6) is 0 Å². The molecule has 128 valence electrons. The number of fused-ring (bicyclic) bond motifs is 4. The van der Waals surface area contributed by atoms with Gasteiger partial charge >= 0.3 is 0 Å². The maximum absolute atomic E-state index is 6.16. The molecule has 5 rings (SSSR count). The molecule has 3 heterocycles. The minimum atomic E-state index is 0.0359. The average Bonchev–Trinajstić information content (AvgIpc) is 3.20. The molecule has 0 amide bonds. The first kappa shape index (κ1) is 15.3. The van der Waals surface area contributed by atoms with Crippen LogP contribution < -0.4 is 9.80 Å². The summed E-state index contributed by atoms with van der Waals surface area (Å²) >= 11 is 0. The maximum Gasteiger partial charge on any atom is 0.227 e. The van der Waals surface area contributed by atoms with E-state index in [1.165, 1.54) is 11.4 Å². The van der Waals surface area contributed by atoms with Crippen LogP contribution in [-0.2, 0) is 0 Å². The topological polar surface area (TPSA) is 32.5 Å².